The molecule has 0 heterocycles. The largest absolute Gasteiger partial charge is 0.497 e. The van der Waals surface area contributed by atoms with E-state index in [0.717, 1.165) is 6.07 Å². The lowest BCUT2D eigenvalue weighted by molar-refractivity contribution is -0.387. The van der Waals surface area contributed by atoms with Crippen molar-refractivity contribution in [2.45, 2.75) is 4.90 Å². The number of nitrogens with zero attached hydrogens (tertiary/aromatic N) is 1. The summed E-state index contributed by atoms with van der Waals surface area (Å²) in [5.41, 5.74) is -0.471. The van der Waals surface area contributed by atoms with Crippen molar-refractivity contribution in [2.24, 2.45) is 0 Å². The number of ether oxygens (including phenoxy) is 2. The minimum absolute atomic E-state index is 0.0274. The predicted octanol–water partition coefficient (Wildman–Crippen LogP) is 1.96. The van der Waals surface area contributed by atoms with Crippen molar-refractivity contribution in [2.75, 3.05) is 20.3 Å². The fourth-order valence-corrected chi connectivity index (χ4v) is 3.11. The Morgan fingerprint density at radius 2 is 1.71 bits per heavy atom. The van der Waals surface area contributed by atoms with E-state index in [9.17, 15) is 18.5 Å². The van der Waals surface area contributed by atoms with Crippen LogP contribution >= 0.6 is 0 Å². The molecule has 0 atom stereocenters. The average Bonchev–Trinajstić information content (AvgIpc) is 2.59. The molecule has 0 saturated carbocycles. The standard InChI is InChI=1S/C15H16N2O6S/c1-22-12-6-8-13(9-7-12)23-11-10-16-24(20,21)15-5-3-2-4-14(15)17(18)19/h2-9,16H,10-11H2,1H3. The summed E-state index contributed by atoms with van der Waals surface area (Å²) in [4.78, 5) is 9.80. The van der Waals surface area contributed by atoms with Crippen LogP contribution < -0.4 is 14.2 Å². The third-order valence-corrected chi connectivity index (χ3v) is 4.58. The fourth-order valence-electron chi connectivity index (χ4n) is 1.93. The van der Waals surface area contributed by atoms with Crippen LogP contribution in [0.2, 0.25) is 0 Å². The van der Waals surface area contributed by atoms with E-state index in [4.69, 9.17) is 9.47 Å². The molecule has 0 aliphatic rings. The molecule has 8 nitrogen and oxygen atoms in total. The minimum Gasteiger partial charge on any atom is -0.497 e. The van der Waals surface area contributed by atoms with Gasteiger partial charge in [-0.3, -0.25) is 10.1 Å². The van der Waals surface area contributed by atoms with Gasteiger partial charge in [0.05, 0.1) is 12.0 Å². The first-order valence-electron chi connectivity index (χ1n) is 6.94. The number of hydrogen-bond donors (Lipinski definition) is 1. The van der Waals surface area contributed by atoms with Crippen molar-refractivity contribution < 1.29 is 22.8 Å². The van der Waals surface area contributed by atoms with Crippen LogP contribution in [0.3, 0.4) is 0 Å². The molecule has 0 saturated heterocycles. The van der Waals surface area contributed by atoms with Gasteiger partial charge in [-0.15, -0.1) is 0 Å². The summed E-state index contributed by atoms with van der Waals surface area (Å²) < 4.78 is 37.0. The number of rotatable bonds is 8. The van der Waals surface area contributed by atoms with Gasteiger partial charge in [-0.05, 0) is 30.3 Å². The molecule has 0 aliphatic heterocycles. The highest BCUT2D eigenvalue weighted by Crippen LogP contribution is 2.22. The Balaban J connectivity index is 1.94. The van der Waals surface area contributed by atoms with Crippen LogP contribution in [0.5, 0.6) is 11.5 Å². The molecule has 0 amide bonds. The third kappa shape index (κ3) is 4.43. The van der Waals surface area contributed by atoms with Gasteiger partial charge < -0.3 is 9.47 Å². The van der Waals surface area contributed by atoms with Crippen LogP contribution in [0.15, 0.2) is 53.4 Å². The van der Waals surface area contributed by atoms with Crippen LogP contribution in [0.4, 0.5) is 5.69 Å². The first-order valence-corrected chi connectivity index (χ1v) is 8.42. The molecule has 0 bridgehead atoms. The van der Waals surface area contributed by atoms with Gasteiger partial charge in [0, 0.05) is 12.6 Å². The molecule has 2 aromatic rings. The molecule has 0 aliphatic carbocycles. The number of methoxy groups -OCH3 is 1. The Labute approximate surface area is 139 Å². The van der Waals surface area contributed by atoms with E-state index in [2.05, 4.69) is 4.72 Å². The van der Waals surface area contributed by atoms with Gasteiger partial charge in [-0.2, -0.15) is 0 Å². The number of nitro groups is 1. The van der Waals surface area contributed by atoms with Crippen LogP contribution in [-0.2, 0) is 10.0 Å². The molecule has 0 unspecified atom stereocenters. The maximum Gasteiger partial charge on any atom is 0.289 e. The lowest BCUT2D eigenvalue weighted by atomic mass is 10.3. The fraction of sp³-hybridized carbons (Fsp3) is 0.200. The Bertz CT molecular complexity index is 805. The highest BCUT2D eigenvalue weighted by Gasteiger charge is 2.24. The maximum absolute atomic E-state index is 12.2. The Morgan fingerprint density at radius 1 is 1.08 bits per heavy atom. The summed E-state index contributed by atoms with van der Waals surface area (Å²) in [5.74, 6) is 1.24. The Hall–Kier alpha value is -2.65. The molecule has 9 heteroatoms. The lowest BCUT2D eigenvalue weighted by Gasteiger charge is -2.09. The molecule has 2 rings (SSSR count). The SMILES string of the molecule is COc1ccc(OCCNS(=O)(=O)c2ccccc2[N+](=O)[O-])cc1. The van der Waals surface area contributed by atoms with Crippen molar-refractivity contribution in [3.63, 3.8) is 0 Å². The third-order valence-electron chi connectivity index (χ3n) is 3.07. The second kappa shape index (κ2) is 7.75. The van der Waals surface area contributed by atoms with Crippen molar-refractivity contribution >= 4 is 15.7 Å². The van der Waals surface area contributed by atoms with Gasteiger partial charge in [-0.25, -0.2) is 13.1 Å². The van der Waals surface area contributed by atoms with E-state index in [0.29, 0.717) is 11.5 Å². The number of benzene rings is 2. The molecule has 2 aromatic carbocycles. The summed E-state index contributed by atoms with van der Waals surface area (Å²) in [6, 6.07) is 12.0. The van der Waals surface area contributed by atoms with Crippen LogP contribution in [0, 0.1) is 10.1 Å². The smallest absolute Gasteiger partial charge is 0.289 e. The van der Waals surface area contributed by atoms with Gasteiger partial charge in [0.15, 0.2) is 4.90 Å². The summed E-state index contributed by atoms with van der Waals surface area (Å²) in [6.07, 6.45) is 0. The highest BCUT2D eigenvalue weighted by atomic mass is 32.2. The Morgan fingerprint density at radius 3 is 2.33 bits per heavy atom. The molecule has 0 radical (unpaired) electrons. The predicted molar refractivity (Wildman–Crippen MR) is 86.8 cm³/mol. The monoisotopic (exact) mass is 352 g/mol. The van der Waals surface area contributed by atoms with Crippen molar-refractivity contribution in [3.8, 4) is 11.5 Å². The Kier molecular flexibility index (Phi) is 5.72. The zero-order chi connectivity index (χ0) is 17.6. The normalized spacial score (nSPS) is 11.0. The molecule has 0 aromatic heterocycles. The van der Waals surface area contributed by atoms with Crippen molar-refractivity contribution in [1.29, 1.82) is 0 Å². The summed E-state index contributed by atoms with van der Waals surface area (Å²) in [6.45, 7) is 0.0482. The first kappa shape index (κ1) is 17.7. The van der Waals surface area contributed by atoms with Crippen LogP contribution in [-0.4, -0.2) is 33.6 Å². The second-order valence-corrected chi connectivity index (χ2v) is 6.38. The van der Waals surface area contributed by atoms with E-state index >= 15 is 0 Å². The number of hydrogen-bond acceptors (Lipinski definition) is 6. The average molecular weight is 352 g/mol. The quantitative estimate of drug-likeness (QED) is 0.442. The van der Waals surface area contributed by atoms with Crippen molar-refractivity contribution in [1.82, 2.24) is 4.72 Å². The topological polar surface area (TPSA) is 108 Å². The van der Waals surface area contributed by atoms with Crippen LogP contribution in [0.1, 0.15) is 0 Å². The van der Waals surface area contributed by atoms with Gasteiger partial charge in [0.2, 0.25) is 10.0 Å². The van der Waals surface area contributed by atoms with Gasteiger partial charge in [0.25, 0.3) is 5.69 Å². The number of para-hydroxylation sites is 1. The molecular weight excluding hydrogens is 336 g/mol. The summed E-state index contributed by atoms with van der Waals surface area (Å²) in [5, 5.41) is 10.9. The number of nitrogens with one attached hydrogen (secondary N) is 1. The van der Waals surface area contributed by atoms with E-state index in [1.54, 1.807) is 31.4 Å². The molecule has 1 N–H and O–H groups in total. The van der Waals surface area contributed by atoms with Crippen molar-refractivity contribution in [3.05, 3.63) is 58.6 Å². The zero-order valence-electron chi connectivity index (χ0n) is 12.8. The highest BCUT2D eigenvalue weighted by molar-refractivity contribution is 7.89. The number of nitro benzene ring substituents is 1. The second-order valence-electron chi connectivity index (χ2n) is 4.65. The maximum atomic E-state index is 12.2. The van der Waals surface area contributed by atoms with Gasteiger partial charge in [0.1, 0.15) is 18.1 Å². The molecule has 24 heavy (non-hydrogen) atoms. The summed E-state index contributed by atoms with van der Waals surface area (Å²) in [7, 11) is -2.44. The minimum atomic E-state index is -3.99. The van der Waals surface area contributed by atoms with E-state index in [-0.39, 0.29) is 18.0 Å². The zero-order valence-corrected chi connectivity index (χ0v) is 13.7. The molecular formula is C15H16N2O6S. The van der Waals surface area contributed by atoms with E-state index in [1.165, 1.54) is 18.2 Å². The van der Waals surface area contributed by atoms with E-state index < -0.39 is 20.6 Å². The van der Waals surface area contributed by atoms with Crippen LogP contribution in [0.25, 0.3) is 0 Å². The molecule has 0 fully saturated rings. The lowest BCUT2D eigenvalue weighted by Crippen LogP contribution is -2.28. The van der Waals surface area contributed by atoms with Gasteiger partial charge in [-0.1, -0.05) is 12.1 Å². The first-order chi connectivity index (χ1) is 11.4. The molecule has 0 spiro atoms. The van der Waals surface area contributed by atoms with E-state index in [1.807, 2.05) is 0 Å². The number of sulfonamides is 1. The summed E-state index contributed by atoms with van der Waals surface area (Å²) >= 11 is 0. The molecule has 128 valence electrons. The van der Waals surface area contributed by atoms with Gasteiger partial charge >= 0.3 is 0 Å².